The summed E-state index contributed by atoms with van der Waals surface area (Å²) in [6, 6.07) is 32.0. The number of Topliss-reactive ketones (excluding diaryl/α,β-unsaturated/α-hetero) is 1. The molecule has 0 aromatic heterocycles. The van der Waals surface area contributed by atoms with Crippen LogP contribution in [-0.4, -0.2) is 36.1 Å². The van der Waals surface area contributed by atoms with E-state index in [0.29, 0.717) is 49.6 Å². The molecule has 0 aliphatic carbocycles. The molecule has 4 rings (SSSR count). The van der Waals surface area contributed by atoms with Crippen LogP contribution >= 0.6 is 0 Å². The molecule has 0 spiro atoms. The summed E-state index contributed by atoms with van der Waals surface area (Å²) in [5.74, 6) is 0.278. The van der Waals surface area contributed by atoms with Gasteiger partial charge >= 0.3 is 5.97 Å². The van der Waals surface area contributed by atoms with Gasteiger partial charge in [-0.2, -0.15) is 5.26 Å². The lowest BCUT2D eigenvalue weighted by Crippen LogP contribution is -2.34. The van der Waals surface area contributed by atoms with Crippen molar-refractivity contribution in [2.75, 3.05) is 13.2 Å². The van der Waals surface area contributed by atoms with Gasteiger partial charge in [0.2, 0.25) is 0 Å². The Balaban J connectivity index is 1.38. The van der Waals surface area contributed by atoms with E-state index in [2.05, 4.69) is 48.6 Å². The van der Waals surface area contributed by atoms with Crippen molar-refractivity contribution in [3.05, 3.63) is 119 Å². The Morgan fingerprint density at radius 1 is 0.811 bits per heavy atom. The highest BCUT2D eigenvalue weighted by Gasteiger charge is 2.29. The molecule has 0 bridgehead atoms. The molecule has 0 unspecified atom stereocenters. The van der Waals surface area contributed by atoms with Crippen molar-refractivity contribution in [2.45, 2.75) is 98.7 Å². The number of rotatable bonds is 18. The highest BCUT2D eigenvalue weighted by Crippen LogP contribution is 2.29. The summed E-state index contributed by atoms with van der Waals surface area (Å²) in [4.78, 5) is 25.8. The number of nitrogens with zero attached hydrogens (tertiary/aromatic N) is 1. The van der Waals surface area contributed by atoms with Gasteiger partial charge in [0.15, 0.2) is 0 Å². The fourth-order valence-corrected chi connectivity index (χ4v) is 5.68. The molecule has 4 aromatic carbocycles. The van der Waals surface area contributed by atoms with E-state index >= 15 is 0 Å². The van der Waals surface area contributed by atoms with E-state index < -0.39 is 23.1 Å². The molecule has 4 aromatic rings. The van der Waals surface area contributed by atoms with Gasteiger partial charge in [0, 0.05) is 31.0 Å². The van der Waals surface area contributed by atoms with E-state index in [4.69, 9.17) is 18.9 Å². The molecule has 0 heterocycles. The van der Waals surface area contributed by atoms with Crippen LogP contribution in [0.2, 0.25) is 0 Å². The second kappa shape index (κ2) is 19.2. The Hall–Kier alpha value is -4.97. The number of benzene rings is 4. The maximum Gasteiger partial charge on any atom is 0.312 e. The zero-order chi connectivity index (χ0) is 38.4. The molecule has 280 valence electrons. The highest BCUT2D eigenvalue weighted by atomic mass is 16.6. The first-order valence-electron chi connectivity index (χ1n) is 18.3. The van der Waals surface area contributed by atoms with Crippen LogP contribution in [0.3, 0.4) is 0 Å². The number of carbonyl (C=O) groups excluding carboxylic acids is 2. The van der Waals surface area contributed by atoms with Gasteiger partial charge in [-0.25, -0.2) is 0 Å². The second-order valence-corrected chi connectivity index (χ2v) is 15.3. The predicted octanol–water partition coefficient (Wildman–Crippen LogP) is 9.29. The van der Waals surface area contributed by atoms with Gasteiger partial charge in [0.1, 0.15) is 36.1 Å². The highest BCUT2D eigenvalue weighted by molar-refractivity contribution is 5.84. The van der Waals surface area contributed by atoms with Gasteiger partial charge in [-0.15, -0.1) is 0 Å². The van der Waals surface area contributed by atoms with Crippen LogP contribution in [0, 0.1) is 24.2 Å². The molecule has 0 aliphatic rings. The summed E-state index contributed by atoms with van der Waals surface area (Å²) in [5.41, 5.74) is 5.93. The Kier molecular flexibility index (Phi) is 14.8. The normalized spacial score (nSPS) is 12.1. The van der Waals surface area contributed by atoms with Crippen LogP contribution in [0.5, 0.6) is 11.5 Å². The third kappa shape index (κ3) is 13.8. The number of ketones is 1. The maximum absolute atomic E-state index is 13.0. The fraction of sp³-hybridized carbons (Fsp3) is 0.400. The first kappa shape index (κ1) is 40.8. The average molecular weight is 719 g/mol. The van der Waals surface area contributed by atoms with Crippen molar-refractivity contribution in [1.29, 1.82) is 5.26 Å². The van der Waals surface area contributed by atoms with E-state index in [1.807, 2.05) is 96.1 Å². The summed E-state index contributed by atoms with van der Waals surface area (Å²) in [7, 11) is 0. The van der Waals surface area contributed by atoms with E-state index in [-0.39, 0.29) is 25.4 Å². The number of hydrogen-bond donors (Lipinski definition) is 1. The average Bonchev–Trinajstić information content (AvgIpc) is 3.11. The zero-order valence-electron chi connectivity index (χ0n) is 32.3. The molecular weight excluding hydrogens is 665 g/mol. The minimum atomic E-state index is -0.653. The lowest BCUT2D eigenvalue weighted by atomic mass is 9.97. The van der Waals surface area contributed by atoms with E-state index in [0.717, 1.165) is 16.7 Å². The molecule has 53 heavy (non-hydrogen) atoms. The Morgan fingerprint density at radius 2 is 1.57 bits per heavy atom. The lowest BCUT2D eigenvalue weighted by Gasteiger charge is -2.26. The number of carbonyl (C=O) groups is 2. The van der Waals surface area contributed by atoms with Crippen molar-refractivity contribution in [2.24, 2.45) is 5.92 Å². The summed E-state index contributed by atoms with van der Waals surface area (Å²) < 4.78 is 24.1. The molecule has 0 saturated carbocycles. The van der Waals surface area contributed by atoms with Crippen LogP contribution in [0.15, 0.2) is 91.0 Å². The molecule has 1 atom stereocenters. The predicted molar refractivity (Wildman–Crippen MR) is 208 cm³/mol. The van der Waals surface area contributed by atoms with Gasteiger partial charge in [0.25, 0.3) is 0 Å². The molecule has 1 N–H and O–H groups in total. The summed E-state index contributed by atoms with van der Waals surface area (Å²) in [6.45, 7) is 15.3. The van der Waals surface area contributed by atoms with Gasteiger partial charge in [-0.1, -0.05) is 66.7 Å². The Bertz CT molecular complexity index is 1850. The third-order valence-electron chi connectivity index (χ3n) is 8.47. The molecular formula is C45H54N2O6. The van der Waals surface area contributed by atoms with Gasteiger partial charge in [0.05, 0.1) is 29.8 Å². The van der Waals surface area contributed by atoms with E-state index in [1.54, 1.807) is 6.07 Å². The standard InChI is InChI=1S/C45H54N2O6/c1-32-37(18-12-20-41(32)35-16-9-8-10-17-35)30-50-40-22-21-36(42(26-40)51-29-34-15-11-14-33(24-34)27-46)28-47-23-13-19-39(48)25-38(31-52-44(2,3)4)43(49)53-45(5,6)7/h8-12,14-18,20-22,24,26,38,47H,13,19,23,25,28-31H2,1-7H3/t38-/m0/s1. The first-order chi connectivity index (χ1) is 25.2. The van der Waals surface area contributed by atoms with Crippen molar-refractivity contribution in [1.82, 2.24) is 5.32 Å². The molecule has 0 saturated heterocycles. The molecule has 0 aliphatic heterocycles. The zero-order valence-corrected chi connectivity index (χ0v) is 32.3. The van der Waals surface area contributed by atoms with Crippen LogP contribution in [0.1, 0.15) is 88.6 Å². The van der Waals surface area contributed by atoms with Gasteiger partial charge in [-0.3, -0.25) is 9.59 Å². The lowest BCUT2D eigenvalue weighted by molar-refractivity contribution is -0.165. The molecule has 0 amide bonds. The minimum absolute atomic E-state index is 0.00478. The van der Waals surface area contributed by atoms with Gasteiger partial charge in [-0.05, 0) is 107 Å². The summed E-state index contributed by atoms with van der Waals surface area (Å²) in [5, 5.41) is 12.8. The van der Waals surface area contributed by atoms with Crippen LogP contribution < -0.4 is 14.8 Å². The Morgan fingerprint density at radius 3 is 2.28 bits per heavy atom. The summed E-state index contributed by atoms with van der Waals surface area (Å²) in [6.07, 6.45) is 1.02. The van der Waals surface area contributed by atoms with Crippen LogP contribution in [0.25, 0.3) is 11.1 Å². The smallest absolute Gasteiger partial charge is 0.312 e. The van der Waals surface area contributed by atoms with E-state index in [1.165, 1.54) is 16.7 Å². The SMILES string of the molecule is Cc1c(COc2ccc(CNCCCC(=O)C[C@@H](COC(C)(C)C)C(=O)OC(C)(C)C)c(OCc3cccc(C#N)c3)c2)cccc1-c1ccccc1. The molecule has 0 radical (unpaired) electrons. The van der Waals surface area contributed by atoms with Crippen molar-refractivity contribution >= 4 is 11.8 Å². The largest absolute Gasteiger partial charge is 0.489 e. The van der Waals surface area contributed by atoms with Crippen molar-refractivity contribution in [3.8, 4) is 28.7 Å². The van der Waals surface area contributed by atoms with Crippen LogP contribution in [-0.2, 0) is 38.8 Å². The molecule has 8 nitrogen and oxygen atoms in total. The first-order valence-corrected chi connectivity index (χ1v) is 18.3. The topological polar surface area (TPSA) is 107 Å². The van der Waals surface area contributed by atoms with E-state index in [9.17, 15) is 14.9 Å². The molecule has 0 fully saturated rings. The quantitative estimate of drug-likeness (QED) is 0.0802. The monoisotopic (exact) mass is 718 g/mol. The second-order valence-electron chi connectivity index (χ2n) is 15.3. The van der Waals surface area contributed by atoms with Crippen molar-refractivity contribution < 1.29 is 28.5 Å². The maximum atomic E-state index is 13.0. The number of nitriles is 1. The fourth-order valence-electron chi connectivity index (χ4n) is 5.68. The summed E-state index contributed by atoms with van der Waals surface area (Å²) >= 11 is 0. The van der Waals surface area contributed by atoms with Crippen LogP contribution in [0.4, 0.5) is 0 Å². The van der Waals surface area contributed by atoms with Gasteiger partial charge < -0.3 is 24.3 Å². The number of esters is 1. The minimum Gasteiger partial charge on any atom is -0.489 e. The third-order valence-corrected chi connectivity index (χ3v) is 8.47. The molecule has 8 heteroatoms. The Labute approximate surface area is 315 Å². The number of ether oxygens (including phenoxy) is 4. The number of hydrogen-bond acceptors (Lipinski definition) is 8. The number of nitrogens with one attached hydrogen (secondary N) is 1. The van der Waals surface area contributed by atoms with Crippen molar-refractivity contribution in [3.63, 3.8) is 0 Å².